The van der Waals surface area contributed by atoms with Crippen LogP contribution in [-0.2, 0) is 11.3 Å². The van der Waals surface area contributed by atoms with Crippen LogP contribution in [0.3, 0.4) is 0 Å². The Morgan fingerprint density at radius 1 is 1.29 bits per heavy atom. The zero-order valence-electron chi connectivity index (χ0n) is 12.6. The largest absolute Gasteiger partial charge is 0.489 e. The van der Waals surface area contributed by atoms with E-state index in [2.05, 4.69) is 15.3 Å². The van der Waals surface area contributed by atoms with Gasteiger partial charge < -0.3 is 19.7 Å². The molecule has 0 saturated heterocycles. The van der Waals surface area contributed by atoms with Crippen molar-refractivity contribution in [3.05, 3.63) is 47.9 Å². The first-order valence-electron chi connectivity index (χ1n) is 7.26. The Hall–Kier alpha value is -2.64. The number of nitrogens with zero attached hydrogens (tertiary/aromatic N) is 3. The highest BCUT2D eigenvalue weighted by Gasteiger charge is 2.11. The van der Waals surface area contributed by atoms with Crippen LogP contribution < -0.4 is 10.1 Å². The van der Waals surface area contributed by atoms with E-state index in [1.54, 1.807) is 29.1 Å². The maximum absolute atomic E-state index is 12.2. The van der Waals surface area contributed by atoms with Crippen molar-refractivity contribution in [2.75, 3.05) is 18.5 Å². The molecule has 1 aromatic carbocycles. The first-order valence-corrected chi connectivity index (χ1v) is 7.64. The van der Waals surface area contributed by atoms with Crippen molar-refractivity contribution in [1.29, 1.82) is 0 Å². The highest BCUT2D eigenvalue weighted by Crippen LogP contribution is 2.24. The average molecular weight is 347 g/mol. The van der Waals surface area contributed by atoms with Gasteiger partial charge in [-0.15, -0.1) is 0 Å². The molecule has 0 saturated carbocycles. The van der Waals surface area contributed by atoms with E-state index in [-0.39, 0.29) is 25.7 Å². The molecule has 3 aromatic rings. The van der Waals surface area contributed by atoms with E-state index in [1.807, 2.05) is 12.1 Å². The molecule has 24 heavy (non-hydrogen) atoms. The van der Waals surface area contributed by atoms with Crippen LogP contribution in [0.25, 0.3) is 11.0 Å². The number of ether oxygens (including phenoxy) is 1. The maximum atomic E-state index is 12.2. The lowest BCUT2D eigenvalue weighted by Crippen LogP contribution is -2.18. The summed E-state index contributed by atoms with van der Waals surface area (Å²) in [6.45, 7) is 0.201. The van der Waals surface area contributed by atoms with Crippen LogP contribution in [0.1, 0.15) is 0 Å². The first kappa shape index (κ1) is 16.2. The molecule has 0 aliphatic rings. The Morgan fingerprint density at radius 3 is 2.92 bits per heavy atom. The molecule has 0 aliphatic carbocycles. The number of pyridine rings is 1. The van der Waals surface area contributed by atoms with Gasteiger partial charge in [0, 0.05) is 6.20 Å². The van der Waals surface area contributed by atoms with Crippen molar-refractivity contribution in [1.82, 2.24) is 14.5 Å². The Labute approximate surface area is 142 Å². The van der Waals surface area contributed by atoms with Gasteiger partial charge in [0.1, 0.15) is 30.2 Å². The topological polar surface area (TPSA) is 89.3 Å². The minimum absolute atomic E-state index is 0.0758. The van der Waals surface area contributed by atoms with Gasteiger partial charge in [-0.1, -0.05) is 17.7 Å². The highest BCUT2D eigenvalue weighted by molar-refractivity contribution is 6.30. The standard InChI is InChI=1S/C16H15ClN4O3/c17-11-4-5-14(18-8-11)20-15(23)9-21-10-19-16-12(21)2-1-3-13(16)24-7-6-22/h1-5,8,10,22H,6-7,9H2,(H,18,20,23). The second-order valence-electron chi connectivity index (χ2n) is 4.98. The fourth-order valence-electron chi connectivity index (χ4n) is 2.25. The van der Waals surface area contributed by atoms with Gasteiger partial charge in [-0.3, -0.25) is 4.79 Å². The number of halogens is 1. The number of para-hydroxylation sites is 1. The van der Waals surface area contributed by atoms with Crippen LogP contribution in [-0.4, -0.2) is 38.8 Å². The number of imidazole rings is 1. The van der Waals surface area contributed by atoms with Crippen LogP contribution in [0.2, 0.25) is 5.02 Å². The second-order valence-corrected chi connectivity index (χ2v) is 5.41. The lowest BCUT2D eigenvalue weighted by Gasteiger charge is -2.07. The fraction of sp³-hybridized carbons (Fsp3) is 0.188. The van der Waals surface area contributed by atoms with Gasteiger partial charge in [-0.05, 0) is 24.3 Å². The molecule has 0 atom stereocenters. The quantitative estimate of drug-likeness (QED) is 0.713. The first-order chi connectivity index (χ1) is 11.7. The Bertz CT molecular complexity index is 848. The number of carbonyl (C=O) groups excluding carboxylic acids is 1. The summed E-state index contributed by atoms with van der Waals surface area (Å²) in [5.74, 6) is 0.770. The molecule has 8 heteroatoms. The van der Waals surface area contributed by atoms with Crippen LogP contribution in [0.5, 0.6) is 5.75 Å². The summed E-state index contributed by atoms with van der Waals surface area (Å²) in [6.07, 6.45) is 3.04. The number of carbonyl (C=O) groups is 1. The molecule has 7 nitrogen and oxygen atoms in total. The summed E-state index contributed by atoms with van der Waals surface area (Å²) < 4.78 is 7.16. The molecule has 1 amide bonds. The highest BCUT2D eigenvalue weighted by atomic mass is 35.5. The van der Waals surface area contributed by atoms with Crippen LogP contribution in [0, 0.1) is 0 Å². The van der Waals surface area contributed by atoms with Crippen molar-refractivity contribution in [2.24, 2.45) is 0 Å². The molecular formula is C16H15ClN4O3. The number of benzene rings is 1. The predicted octanol–water partition coefficient (Wildman–Crippen LogP) is 2.09. The van der Waals surface area contributed by atoms with E-state index in [9.17, 15) is 4.79 Å². The summed E-state index contributed by atoms with van der Waals surface area (Å²) in [4.78, 5) is 20.5. The van der Waals surface area contributed by atoms with Gasteiger partial charge in [0.25, 0.3) is 0 Å². The van der Waals surface area contributed by atoms with Crippen molar-refractivity contribution in [2.45, 2.75) is 6.54 Å². The number of rotatable bonds is 6. The van der Waals surface area contributed by atoms with Gasteiger partial charge in [-0.25, -0.2) is 9.97 Å². The van der Waals surface area contributed by atoms with E-state index in [0.717, 1.165) is 5.52 Å². The molecule has 2 heterocycles. The van der Waals surface area contributed by atoms with Gasteiger partial charge >= 0.3 is 0 Å². The number of anilines is 1. The maximum Gasteiger partial charge on any atom is 0.245 e. The van der Waals surface area contributed by atoms with Crippen molar-refractivity contribution in [3.8, 4) is 5.75 Å². The lowest BCUT2D eigenvalue weighted by molar-refractivity contribution is -0.116. The van der Waals surface area contributed by atoms with E-state index < -0.39 is 0 Å². The molecule has 0 spiro atoms. The van der Waals surface area contributed by atoms with Gasteiger partial charge in [-0.2, -0.15) is 0 Å². The zero-order valence-corrected chi connectivity index (χ0v) is 13.4. The number of aliphatic hydroxyl groups excluding tert-OH is 1. The molecule has 0 fully saturated rings. The van der Waals surface area contributed by atoms with Crippen molar-refractivity contribution < 1.29 is 14.6 Å². The van der Waals surface area contributed by atoms with E-state index in [0.29, 0.717) is 22.1 Å². The van der Waals surface area contributed by atoms with Gasteiger partial charge in [0.05, 0.1) is 23.5 Å². The Balaban J connectivity index is 1.75. The molecule has 124 valence electrons. The van der Waals surface area contributed by atoms with Crippen molar-refractivity contribution in [3.63, 3.8) is 0 Å². The molecular weight excluding hydrogens is 332 g/mol. The minimum atomic E-state index is -0.231. The SMILES string of the molecule is O=C(Cn1cnc2c(OCCO)cccc21)Nc1ccc(Cl)cn1. The van der Waals surface area contributed by atoms with Gasteiger partial charge in [0.15, 0.2) is 0 Å². The molecule has 0 aliphatic heterocycles. The monoisotopic (exact) mass is 346 g/mol. The summed E-state index contributed by atoms with van der Waals surface area (Å²) in [5, 5.41) is 12.1. The zero-order chi connectivity index (χ0) is 16.9. The molecule has 3 rings (SSSR count). The third-order valence-electron chi connectivity index (χ3n) is 3.27. The summed E-state index contributed by atoms with van der Waals surface area (Å²) in [5.41, 5.74) is 1.41. The van der Waals surface area contributed by atoms with Crippen LogP contribution >= 0.6 is 11.6 Å². The summed E-state index contributed by atoms with van der Waals surface area (Å²) in [6, 6.07) is 8.72. The molecule has 2 aromatic heterocycles. The number of fused-ring (bicyclic) bond motifs is 1. The van der Waals surface area contributed by atoms with Crippen LogP contribution in [0.4, 0.5) is 5.82 Å². The number of aromatic nitrogens is 3. The fourth-order valence-corrected chi connectivity index (χ4v) is 2.36. The number of hydrogen-bond donors (Lipinski definition) is 2. The Kier molecular flexibility index (Phi) is 4.93. The normalized spacial score (nSPS) is 10.8. The Morgan fingerprint density at radius 2 is 2.17 bits per heavy atom. The molecule has 0 unspecified atom stereocenters. The van der Waals surface area contributed by atoms with E-state index in [1.165, 1.54) is 6.20 Å². The van der Waals surface area contributed by atoms with Crippen molar-refractivity contribution >= 4 is 34.4 Å². The number of aliphatic hydroxyl groups is 1. The molecule has 2 N–H and O–H groups in total. The number of nitrogens with one attached hydrogen (secondary N) is 1. The third-order valence-corrected chi connectivity index (χ3v) is 3.49. The molecule has 0 bridgehead atoms. The van der Waals surface area contributed by atoms with E-state index >= 15 is 0 Å². The second kappa shape index (κ2) is 7.29. The summed E-state index contributed by atoms with van der Waals surface area (Å²) >= 11 is 5.76. The lowest BCUT2D eigenvalue weighted by atomic mass is 10.3. The predicted molar refractivity (Wildman–Crippen MR) is 90.2 cm³/mol. The minimum Gasteiger partial charge on any atom is -0.489 e. The summed E-state index contributed by atoms with van der Waals surface area (Å²) in [7, 11) is 0. The molecule has 0 radical (unpaired) electrons. The van der Waals surface area contributed by atoms with E-state index in [4.69, 9.17) is 21.4 Å². The average Bonchev–Trinajstić information content (AvgIpc) is 2.98. The number of amides is 1. The van der Waals surface area contributed by atoms with Crippen LogP contribution in [0.15, 0.2) is 42.9 Å². The third kappa shape index (κ3) is 3.64. The smallest absolute Gasteiger partial charge is 0.245 e. The van der Waals surface area contributed by atoms with Gasteiger partial charge in [0.2, 0.25) is 5.91 Å². The number of hydrogen-bond acceptors (Lipinski definition) is 5.